The quantitative estimate of drug-likeness (QED) is 0.578. The van der Waals surface area contributed by atoms with Gasteiger partial charge in [-0.1, -0.05) is 12.1 Å². The minimum absolute atomic E-state index is 0.183. The number of ether oxygens (including phenoxy) is 2. The Hall–Kier alpha value is -3.46. The van der Waals surface area contributed by atoms with E-state index < -0.39 is 6.09 Å². The highest BCUT2D eigenvalue weighted by atomic mass is 16.6. The summed E-state index contributed by atoms with van der Waals surface area (Å²) >= 11 is 0. The molecule has 30 heavy (non-hydrogen) atoms. The molecule has 3 aromatic rings. The first-order valence-corrected chi connectivity index (χ1v) is 10.2. The van der Waals surface area contributed by atoms with Crippen LogP contribution in [0, 0.1) is 11.3 Å². The van der Waals surface area contributed by atoms with Crippen molar-refractivity contribution >= 4 is 22.7 Å². The Labute approximate surface area is 176 Å². The molecule has 0 radical (unpaired) electrons. The Morgan fingerprint density at radius 1 is 1.20 bits per heavy atom. The lowest BCUT2D eigenvalue weighted by Gasteiger charge is -2.30. The molecule has 1 aromatic heterocycles. The number of methoxy groups -OCH3 is 1. The van der Waals surface area contributed by atoms with Crippen LogP contribution in [0.15, 0.2) is 42.5 Å². The molecule has 1 N–H and O–H groups in total. The van der Waals surface area contributed by atoms with Crippen LogP contribution in [0.5, 0.6) is 5.75 Å². The first-order chi connectivity index (χ1) is 14.5. The number of carbonyl (C=O) groups excluding carboxylic acids is 1. The van der Waals surface area contributed by atoms with Gasteiger partial charge in [-0.3, -0.25) is 5.32 Å². The van der Waals surface area contributed by atoms with E-state index in [1.54, 1.807) is 21.0 Å². The van der Waals surface area contributed by atoms with Gasteiger partial charge in [-0.05, 0) is 69.0 Å². The second-order valence-electron chi connectivity index (χ2n) is 7.83. The number of hydrogen-bond donors (Lipinski definition) is 1. The average molecular weight is 403 g/mol. The van der Waals surface area contributed by atoms with Gasteiger partial charge in [-0.15, -0.1) is 0 Å². The summed E-state index contributed by atoms with van der Waals surface area (Å²) in [5.41, 5.74) is 4.21. The second kappa shape index (κ2) is 8.11. The van der Waals surface area contributed by atoms with Gasteiger partial charge in [0.2, 0.25) is 0 Å². The highest BCUT2D eigenvalue weighted by Gasteiger charge is 2.27. The fraction of sp³-hybridized carbons (Fsp3) is 0.333. The number of nitrogens with zero attached hydrogens (tertiary/aromatic N) is 2. The zero-order valence-corrected chi connectivity index (χ0v) is 17.4. The van der Waals surface area contributed by atoms with Crippen LogP contribution in [-0.4, -0.2) is 23.9 Å². The molecular weight excluding hydrogens is 378 g/mol. The molecule has 6 nitrogen and oxygen atoms in total. The maximum atomic E-state index is 11.9. The van der Waals surface area contributed by atoms with Crippen LogP contribution in [0.2, 0.25) is 0 Å². The molecule has 1 aliphatic rings. The van der Waals surface area contributed by atoms with Crippen molar-refractivity contribution in [3.63, 3.8) is 0 Å². The molecule has 0 spiro atoms. The summed E-state index contributed by atoms with van der Waals surface area (Å²) in [6.45, 7) is 3.61. The molecule has 0 unspecified atom stereocenters. The summed E-state index contributed by atoms with van der Waals surface area (Å²) in [6.07, 6.45) is 2.74. The fourth-order valence-corrected chi connectivity index (χ4v) is 3.91. The summed E-state index contributed by atoms with van der Waals surface area (Å²) in [5.74, 6) is 0.736. The highest BCUT2D eigenvalue weighted by Crippen LogP contribution is 2.43. The van der Waals surface area contributed by atoms with Crippen LogP contribution < -0.4 is 10.1 Å². The van der Waals surface area contributed by atoms with Gasteiger partial charge in [0.25, 0.3) is 0 Å². The van der Waals surface area contributed by atoms with Crippen molar-refractivity contribution in [2.24, 2.45) is 0 Å². The van der Waals surface area contributed by atoms with Gasteiger partial charge >= 0.3 is 6.09 Å². The third-order valence-corrected chi connectivity index (χ3v) is 5.51. The minimum atomic E-state index is -0.480. The van der Waals surface area contributed by atoms with Gasteiger partial charge in [-0.2, -0.15) is 5.26 Å². The minimum Gasteiger partial charge on any atom is -0.497 e. The van der Waals surface area contributed by atoms with Crippen molar-refractivity contribution in [2.45, 2.75) is 45.3 Å². The molecule has 1 amide bonds. The van der Waals surface area contributed by atoms with E-state index in [1.807, 2.05) is 42.5 Å². The van der Waals surface area contributed by atoms with Crippen molar-refractivity contribution in [1.82, 2.24) is 4.57 Å². The van der Waals surface area contributed by atoms with Crippen LogP contribution in [-0.2, 0) is 4.74 Å². The van der Waals surface area contributed by atoms with E-state index in [4.69, 9.17) is 9.47 Å². The largest absolute Gasteiger partial charge is 0.497 e. The lowest BCUT2D eigenvalue weighted by atomic mass is 9.92. The summed E-state index contributed by atoms with van der Waals surface area (Å²) in [6, 6.07) is 16.3. The smallest absolute Gasteiger partial charge is 0.411 e. The highest BCUT2D eigenvalue weighted by molar-refractivity contribution is 5.96. The van der Waals surface area contributed by atoms with Gasteiger partial charge in [0, 0.05) is 17.1 Å². The van der Waals surface area contributed by atoms with E-state index in [0.29, 0.717) is 17.3 Å². The molecule has 4 rings (SSSR count). The molecule has 1 aliphatic carbocycles. The first-order valence-electron chi connectivity index (χ1n) is 10.2. The maximum absolute atomic E-state index is 11.9. The molecule has 2 aromatic carbocycles. The van der Waals surface area contributed by atoms with Crippen LogP contribution in [0.25, 0.3) is 22.2 Å². The van der Waals surface area contributed by atoms with Crippen molar-refractivity contribution in [1.29, 1.82) is 5.26 Å². The molecule has 1 saturated carbocycles. The van der Waals surface area contributed by atoms with Gasteiger partial charge in [0.05, 0.1) is 30.0 Å². The molecule has 0 atom stereocenters. The van der Waals surface area contributed by atoms with Crippen molar-refractivity contribution in [3.05, 3.63) is 48.0 Å². The van der Waals surface area contributed by atoms with Crippen LogP contribution in [0.4, 0.5) is 10.5 Å². The van der Waals surface area contributed by atoms with E-state index in [1.165, 1.54) is 6.42 Å². The number of aromatic nitrogens is 1. The van der Waals surface area contributed by atoms with E-state index in [2.05, 4.69) is 16.0 Å². The topological polar surface area (TPSA) is 76.3 Å². The SMILES string of the molecule is COc1ccc2c(c1)c(C#N)c(-c1ccc(NC(=O)OC(C)C)cc1)n2C1CCC1. The van der Waals surface area contributed by atoms with Crippen molar-refractivity contribution < 1.29 is 14.3 Å². The summed E-state index contributed by atoms with van der Waals surface area (Å²) in [7, 11) is 1.63. The predicted molar refractivity (Wildman–Crippen MR) is 117 cm³/mol. The molecular formula is C24H25N3O3. The molecule has 1 fully saturated rings. The van der Waals surface area contributed by atoms with Crippen molar-refractivity contribution in [3.8, 4) is 23.1 Å². The summed E-state index contributed by atoms with van der Waals surface area (Å²) < 4.78 is 12.8. The van der Waals surface area contributed by atoms with Crippen LogP contribution in [0.1, 0.15) is 44.7 Å². The third kappa shape index (κ3) is 3.59. The first kappa shape index (κ1) is 19.8. The number of anilines is 1. The number of hydrogen-bond acceptors (Lipinski definition) is 4. The number of nitrogens with one attached hydrogen (secondary N) is 1. The van der Waals surface area contributed by atoms with E-state index >= 15 is 0 Å². The number of carbonyl (C=O) groups is 1. The number of benzene rings is 2. The molecule has 0 aliphatic heterocycles. The Morgan fingerprint density at radius 3 is 2.50 bits per heavy atom. The lowest BCUT2D eigenvalue weighted by molar-refractivity contribution is 0.130. The maximum Gasteiger partial charge on any atom is 0.411 e. The molecule has 154 valence electrons. The second-order valence-corrected chi connectivity index (χ2v) is 7.83. The molecule has 0 bridgehead atoms. The monoisotopic (exact) mass is 403 g/mol. The van der Waals surface area contributed by atoms with Gasteiger partial charge < -0.3 is 14.0 Å². The van der Waals surface area contributed by atoms with Gasteiger partial charge in [-0.25, -0.2) is 4.79 Å². The Bertz CT molecular complexity index is 1120. The lowest BCUT2D eigenvalue weighted by Crippen LogP contribution is -2.18. The Balaban J connectivity index is 1.78. The normalized spacial score (nSPS) is 13.7. The number of rotatable bonds is 5. The van der Waals surface area contributed by atoms with E-state index in [0.717, 1.165) is 40.8 Å². The number of fused-ring (bicyclic) bond motifs is 1. The van der Waals surface area contributed by atoms with E-state index in [9.17, 15) is 10.1 Å². The standard InChI is InChI=1S/C24H25N3O3/c1-15(2)30-24(28)26-17-9-7-16(8-10-17)23-21(14-25)20-13-19(29-3)11-12-22(20)27(23)18-5-4-6-18/h7-13,15,18H,4-6H2,1-3H3,(H,26,28). The Kier molecular flexibility index (Phi) is 5.37. The van der Waals surface area contributed by atoms with Gasteiger partial charge in [0.15, 0.2) is 0 Å². The summed E-state index contributed by atoms with van der Waals surface area (Å²) in [5, 5.41) is 13.6. The Morgan fingerprint density at radius 2 is 1.93 bits per heavy atom. The zero-order valence-electron chi connectivity index (χ0n) is 17.4. The fourth-order valence-electron chi connectivity index (χ4n) is 3.91. The zero-order chi connectivity index (χ0) is 21.3. The third-order valence-electron chi connectivity index (χ3n) is 5.51. The number of nitriles is 1. The summed E-state index contributed by atoms with van der Waals surface area (Å²) in [4.78, 5) is 11.9. The molecule has 6 heteroatoms. The molecule has 1 heterocycles. The number of amides is 1. The van der Waals surface area contributed by atoms with Crippen molar-refractivity contribution in [2.75, 3.05) is 12.4 Å². The average Bonchev–Trinajstić information content (AvgIpc) is 2.99. The molecule has 0 saturated heterocycles. The van der Waals surface area contributed by atoms with E-state index in [-0.39, 0.29) is 6.10 Å². The van der Waals surface area contributed by atoms with Crippen LogP contribution >= 0.6 is 0 Å². The van der Waals surface area contributed by atoms with Gasteiger partial charge in [0.1, 0.15) is 11.8 Å². The van der Waals surface area contributed by atoms with Crippen LogP contribution in [0.3, 0.4) is 0 Å². The predicted octanol–water partition coefficient (Wildman–Crippen LogP) is 5.87.